The van der Waals surface area contributed by atoms with Gasteiger partial charge in [-0.2, -0.15) is 0 Å². The topological polar surface area (TPSA) is 72.3 Å². The molecule has 1 aliphatic heterocycles. The molecule has 2 fully saturated rings. The number of piperidine rings is 1. The van der Waals surface area contributed by atoms with Crippen molar-refractivity contribution >= 4 is 5.91 Å². The molecule has 1 saturated carbocycles. The molecule has 19 heavy (non-hydrogen) atoms. The van der Waals surface area contributed by atoms with Crippen LogP contribution in [0.15, 0.2) is 0 Å². The molecular formula is C15H29N3O. The number of amides is 1. The average molecular weight is 267 g/mol. The molecule has 1 saturated heterocycles. The van der Waals surface area contributed by atoms with E-state index in [1.807, 2.05) is 0 Å². The van der Waals surface area contributed by atoms with Crippen molar-refractivity contribution in [1.29, 1.82) is 0 Å². The zero-order valence-corrected chi connectivity index (χ0v) is 12.2. The third-order valence-corrected chi connectivity index (χ3v) is 5.32. The summed E-state index contributed by atoms with van der Waals surface area (Å²) in [7, 11) is 0. The molecule has 110 valence electrons. The highest BCUT2D eigenvalue weighted by Gasteiger charge is 2.44. The van der Waals surface area contributed by atoms with E-state index in [1.165, 1.54) is 32.2 Å². The van der Waals surface area contributed by atoms with Crippen molar-refractivity contribution < 1.29 is 4.79 Å². The summed E-state index contributed by atoms with van der Waals surface area (Å²) in [4.78, 5) is 14.2. The summed E-state index contributed by atoms with van der Waals surface area (Å²) in [6.45, 7) is 4.56. The van der Waals surface area contributed by atoms with Crippen LogP contribution in [0.2, 0.25) is 0 Å². The van der Waals surface area contributed by atoms with Gasteiger partial charge in [-0.25, -0.2) is 0 Å². The lowest BCUT2D eigenvalue weighted by atomic mass is 9.84. The highest BCUT2D eigenvalue weighted by Crippen LogP contribution is 2.36. The zero-order valence-electron chi connectivity index (χ0n) is 12.2. The van der Waals surface area contributed by atoms with Gasteiger partial charge in [0.1, 0.15) is 0 Å². The summed E-state index contributed by atoms with van der Waals surface area (Å²) < 4.78 is 0. The minimum atomic E-state index is -0.739. The van der Waals surface area contributed by atoms with Crippen LogP contribution in [-0.4, -0.2) is 35.5 Å². The highest BCUT2D eigenvalue weighted by atomic mass is 16.1. The van der Waals surface area contributed by atoms with Crippen LogP contribution < -0.4 is 11.5 Å². The fourth-order valence-electron chi connectivity index (χ4n) is 3.97. The molecule has 4 heteroatoms. The Kier molecular flexibility index (Phi) is 4.85. The second-order valence-corrected chi connectivity index (χ2v) is 6.38. The van der Waals surface area contributed by atoms with Crippen LogP contribution in [0.1, 0.15) is 58.3 Å². The number of nitrogens with zero attached hydrogens (tertiary/aromatic N) is 1. The van der Waals surface area contributed by atoms with Gasteiger partial charge in [-0.05, 0) is 57.5 Å². The Balaban J connectivity index is 1.89. The summed E-state index contributed by atoms with van der Waals surface area (Å²) in [5.74, 6) is -0.0230. The van der Waals surface area contributed by atoms with Crippen molar-refractivity contribution in [1.82, 2.24) is 4.90 Å². The van der Waals surface area contributed by atoms with Gasteiger partial charge in [0, 0.05) is 6.04 Å². The Labute approximate surface area is 116 Å². The lowest BCUT2D eigenvalue weighted by molar-refractivity contribution is -0.124. The summed E-state index contributed by atoms with van der Waals surface area (Å²) in [6.07, 6.45) is 9.12. The first kappa shape index (κ1) is 14.8. The number of rotatable bonds is 5. The molecule has 0 radical (unpaired) electrons. The molecule has 3 atom stereocenters. The van der Waals surface area contributed by atoms with E-state index in [9.17, 15) is 4.79 Å². The van der Waals surface area contributed by atoms with Gasteiger partial charge in [0.25, 0.3) is 0 Å². The Morgan fingerprint density at radius 1 is 1.32 bits per heavy atom. The molecule has 0 aromatic heterocycles. The van der Waals surface area contributed by atoms with Crippen LogP contribution >= 0.6 is 0 Å². The monoisotopic (exact) mass is 267 g/mol. The molecule has 1 aliphatic carbocycles. The first-order valence-electron chi connectivity index (χ1n) is 7.90. The first-order chi connectivity index (χ1) is 9.08. The third kappa shape index (κ3) is 3.11. The maximum absolute atomic E-state index is 11.6. The van der Waals surface area contributed by atoms with Crippen LogP contribution in [0.4, 0.5) is 0 Å². The first-order valence-corrected chi connectivity index (χ1v) is 7.90. The van der Waals surface area contributed by atoms with E-state index in [1.54, 1.807) is 0 Å². The minimum absolute atomic E-state index is 0.282. The largest absolute Gasteiger partial charge is 0.368 e. The quantitative estimate of drug-likeness (QED) is 0.795. The Hall–Kier alpha value is -0.610. The molecule has 2 aliphatic rings. The molecular weight excluding hydrogens is 238 g/mol. The highest BCUT2D eigenvalue weighted by molar-refractivity contribution is 5.85. The van der Waals surface area contributed by atoms with Crippen molar-refractivity contribution in [3.8, 4) is 0 Å². The van der Waals surface area contributed by atoms with E-state index in [4.69, 9.17) is 11.5 Å². The van der Waals surface area contributed by atoms with Crippen molar-refractivity contribution in [3.05, 3.63) is 0 Å². The summed E-state index contributed by atoms with van der Waals surface area (Å²) >= 11 is 0. The molecule has 1 amide bonds. The molecule has 0 bridgehead atoms. The second-order valence-electron chi connectivity index (χ2n) is 6.38. The number of hydrogen-bond acceptors (Lipinski definition) is 3. The number of carbonyl (C=O) groups excluding carboxylic acids is 1. The maximum Gasteiger partial charge on any atom is 0.237 e. The fraction of sp³-hybridized carbons (Fsp3) is 0.933. The summed E-state index contributed by atoms with van der Waals surface area (Å²) in [5.41, 5.74) is 11.0. The SMILES string of the molecule is CCC1CCCCN1CCC1CCCC1(N)C(N)=O. The third-order valence-electron chi connectivity index (χ3n) is 5.32. The van der Waals surface area contributed by atoms with Gasteiger partial charge in [-0.3, -0.25) is 4.79 Å². The van der Waals surface area contributed by atoms with Gasteiger partial charge in [0.05, 0.1) is 5.54 Å². The standard InChI is InChI=1S/C15H29N3O/c1-2-13-7-3-4-10-18(13)11-8-12-6-5-9-15(12,17)14(16)19/h12-13H,2-11,17H2,1H3,(H2,16,19). The lowest BCUT2D eigenvalue weighted by Gasteiger charge is -2.37. The van der Waals surface area contributed by atoms with Crippen molar-refractivity contribution in [3.63, 3.8) is 0 Å². The van der Waals surface area contributed by atoms with Gasteiger partial charge < -0.3 is 16.4 Å². The van der Waals surface area contributed by atoms with E-state index >= 15 is 0 Å². The predicted octanol–water partition coefficient (Wildman–Crippen LogP) is 1.62. The average Bonchev–Trinajstić information content (AvgIpc) is 2.79. The molecule has 3 unspecified atom stereocenters. The molecule has 2 rings (SSSR count). The summed E-state index contributed by atoms with van der Waals surface area (Å²) in [6, 6.07) is 0.732. The van der Waals surface area contributed by atoms with E-state index in [2.05, 4.69) is 11.8 Å². The van der Waals surface area contributed by atoms with E-state index in [0.29, 0.717) is 0 Å². The van der Waals surface area contributed by atoms with E-state index in [-0.39, 0.29) is 11.8 Å². The van der Waals surface area contributed by atoms with Gasteiger partial charge in [-0.1, -0.05) is 19.8 Å². The van der Waals surface area contributed by atoms with Crippen molar-refractivity contribution in [2.24, 2.45) is 17.4 Å². The minimum Gasteiger partial charge on any atom is -0.368 e. The fourth-order valence-corrected chi connectivity index (χ4v) is 3.97. The normalized spacial score (nSPS) is 36.5. The Morgan fingerprint density at radius 2 is 2.11 bits per heavy atom. The zero-order chi connectivity index (χ0) is 13.9. The number of primary amides is 1. The van der Waals surface area contributed by atoms with Crippen molar-refractivity contribution in [2.75, 3.05) is 13.1 Å². The molecule has 4 nitrogen and oxygen atoms in total. The predicted molar refractivity (Wildman–Crippen MR) is 77.6 cm³/mol. The number of carbonyl (C=O) groups is 1. The van der Waals surface area contributed by atoms with E-state index in [0.717, 1.165) is 38.3 Å². The van der Waals surface area contributed by atoms with Gasteiger partial charge in [0.2, 0.25) is 5.91 Å². The number of hydrogen-bond donors (Lipinski definition) is 2. The number of likely N-dealkylation sites (tertiary alicyclic amines) is 1. The Bertz CT molecular complexity index is 321. The van der Waals surface area contributed by atoms with Crippen LogP contribution in [0.3, 0.4) is 0 Å². The second kappa shape index (κ2) is 6.23. The van der Waals surface area contributed by atoms with Crippen LogP contribution in [-0.2, 0) is 4.79 Å². The molecule has 1 heterocycles. The number of nitrogens with two attached hydrogens (primary N) is 2. The molecule has 0 spiro atoms. The van der Waals surface area contributed by atoms with Crippen molar-refractivity contribution in [2.45, 2.75) is 69.9 Å². The van der Waals surface area contributed by atoms with Gasteiger partial charge in [0.15, 0.2) is 0 Å². The van der Waals surface area contributed by atoms with Gasteiger partial charge in [-0.15, -0.1) is 0 Å². The van der Waals surface area contributed by atoms with Crippen LogP contribution in [0.25, 0.3) is 0 Å². The van der Waals surface area contributed by atoms with Crippen LogP contribution in [0.5, 0.6) is 0 Å². The van der Waals surface area contributed by atoms with Gasteiger partial charge >= 0.3 is 0 Å². The Morgan fingerprint density at radius 3 is 2.79 bits per heavy atom. The van der Waals surface area contributed by atoms with Crippen LogP contribution in [0, 0.1) is 5.92 Å². The lowest BCUT2D eigenvalue weighted by Crippen LogP contribution is -2.55. The van der Waals surface area contributed by atoms with E-state index < -0.39 is 5.54 Å². The molecule has 0 aromatic carbocycles. The maximum atomic E-state index is 11.6. The molecule has 0 aromatic rings. The molecule has 4 N–H and O–H groups in total. The summed E-state index contributed by atoms with van der Waals surface area (Å²) in [5, 5.41) is 0. The smallest absolute Gasteiger partial charge is 0.237 e.